The Bertz CT molecular complexity index is 1250. The second-order valence-corrected chi connectivity index (χ2v) is 9.29. The fourth-order valence-electron chi connectivity index (χ4n) is 3.67. The van der Waals surface area contributed by atoms with Crippen molar-refractivity contribution >= 4 is 21.6 Å². The number of rotatable bonds is 10. The number of hydrogen-bond acceptors (Lipinski definition) is 5. The van der Waals surface area contributed by atoms with Crippen LogP contribution in [0.1, 0.15) is 43.7 Å². The van der Waals surface area contributed by atoms with Gasteiger partial charge in [-0.15, -0.1) is 0 Å². The molecule has 10 heteroatoms. The minimum atomic E-state index is -3.82. The Morgan fingerprint density at radius 2 is 1.76 bits per heavy atom. The van der Waals surface area contributed by atoms with E-state index in [4.69, 9.17) is 4.74 Å². The van der Waals surface area contributed by atoms with Crippen LogP contribution in [-0.2, 0) is 16.4 Å². The topological polar surface area (TPSA) is 93.5 Å². The molecule has 2 aromatic carbocycles. The molecule has 0 aliphatic rings. The maximum Gasteiger partial charge on any atom is 0.259 e. The highest BCUT2D eigenvalue weighted by molar-refractivity contribution is 7.89. The molecule has 0 saturated carbocycles. The number of carbonyl (C=O) groups excluding carboxylic acids is 1. The number of aromatic nitrogens is 2. The van der Waals surface area contributed by atoms with E-state index in [-0.39, 0.29) is 16.5 Å². The normalized spacial score (nSPS) is 11.6. The zero-order valence-electron chi connectivity index (χ0n) is 19.7. The fraction of sp³-hybridized carbons (Fsp3) is 0.333. The molecule has 34 heavy (non-hydrogen) atoms. The number of ether oxygens (including phenoxy) is 1. The summed E-state index contributed by atoms with van der Waals surface area (Å²) in [5.41, 5.74) is 1.93. The Morgan fingerprint density at radius 3 is 2.35 bits per heavy atom. The van der Waals surface area contributed by atoms with E-state index in [1.54, 1.807) is 43.7 Å². The van der Waals surface area contributed by atoms with Gasteiger partial charge in [-0.3, -0.25) is 4.79 Å². The third-order valence-electron chi connectivity index (χ3n) is 5.34. The molecule has 0 aliphatic carbocycles. The highest BCUT2D eigenvalue weighted by Crippen LogP contribution is 2.30. The SMILES string of the molecule is CCOc1ccc(NC(=O)c2cnn(-c3ccc(F)cc3)c2CC)cc1S(=O)(=O)N(CC)CC. The number of hydrogen-bond donors (Lipinski definition) is 1. The van der Waals surface area contributed by atoms with Crippen LogP contribution in [0.25, 0.3) is 5.69 Å². The lowest BCUT2D eigenvalue weighted by atomic mass is 10.1. The molecule has 8 nitrogen and oxygen atoms in total. The quantitative estimate of drug-likeness (QED) is 0.460. The van der Waals surface area contributed by atoms with Crippen LogP contribution in [-0.4, -0.2) is 48.1 Å². The first-order valence-corrected chi connectivity index (χ1v) is 12.6. The van der Waals surface area contributed by atoms with Gasteiger partial charge in [0.15, 0.2) is 0 Å². The van der Waals surface area contributed by atoms with Gasteiger partial charge in [-0.05, 0) is 55.8 Å². The first kappa shape index (κ1) is 25.4. The largest absolute Gasteiger partial charge is 0.492 e. The Hall–Kier alpha value is -3.24. The lowest BCUT2D eigenvalue weighted by Gasteiger charge is -2.21. The summed E-state index contributed by atoms with van der Waals surface area (Å²) in [7, 11) is -3.82. The average molecular weight is 489 g/mol. The van der Waals surface area contributed by atoms with Crippen LogP contribution in [0.15, 0.2) is 53.6 Å². The van der Waals surface area contributed by atoms with Gasteiger partial charge in [0.25, 0.3) is 5.91 Å². The van der Waals surface area contributed by atoms with Gasteiger partial charge in [0, 0.05) is 18.8 Å². The molecule has 1 N–H and O–H groups in total. The molecule has 1 amide bonds. The van der Waals surface area contributed by atoms with Gasteiger partial charge in [-0.25, -0.2) is 17.5 Å². The summed E-state index contributed by atoms with van der Waals surface area (Å²) in [5.74, 6) is -0.566. The van der Waals surface area contributed by atoms with E-state index < -0.39 is 15.9 Å². The van der Waals surface area contributed by atoms with Crippen molar-refractivity contribution in [2.24, 2.45) is 0 Å². The molecule has 0 aliphatic heterocycles. The number of sulfonamides is 1. The number of carbonyl (C=O) groups is 1. The summed E-state index contributed by atoms with van der Waals surface area (Å²) in [6.07, 6.45) is 1.95. The van der Waals surface area contributed by atoms with E-state index in [1.165, 1.54) is 34.8 Å². The lowest BCUT2D eigenvalue weighted by Crippen LogP contribution is -2.31. The van der Waals surface area contributed by atoms with Crippen LogP contribution in [0, 0.1) is 5.82 Å². The smallest absolute Gasteiger partial charge is 0.259 e. The van der Waals surface area contributed by atoms with Crippen molar-refractivity contribution in [2.45, 2.75) is 39.0 Å². The van der Waals surface area contributed by atoms with Crippen LogP contribution in [0.4, 0.5) is 10.1 Å². The van der Waals surface area contributed by atoms with Crippen molar-refractivity contribution in [3.8, 4) is 11.4 Å². The average Bonchev–Trinajstić information content (AvgIpc) is 3.25. The number of benzene rings is 2. The number of halogens is 1. The van der Waals surface area contributed by atoms with Crippen molar-refractivity contribution in [1.29, 1.82) is 0 Å². The minimum absolute atomic E-state index is 0.00595. The Morgan fingerprint density at radius 1 is 1.09 bits per heavy atom. The van der Waals surface area contributed by atoms with E-state index in [9.17, 15) is 17.6 Å². The monoisotopic (exact) mass is 488 g/mol. The summed E-state index contributed by atoms with van der Waals surface area (Å²) in [6, 6.07) is 10.4. The highest BCUT2D eigenvalue weighted by atomic mass is 32.2. The van der Waals surface area contributed by atoms with Crippen molar-refractivity contribution in [3.63, 3.8) is 0 Å². The molecule has 0 atom stereocenters. The Labute approximate surface area is 199 Å². The molecule has 0 bridgehead atoms. The molecule has 0 radical (unpaired) electrons. The predicted octanol–water partition coefficient (Wildman–Crippen LogP) is 4.26. The van der Waals surface area contributed by atoms with E-state index in [0.717, 1.165) is 0 Å². The zero-order chi connectivity index (χ0) is 24.9. The van der Waals surface area contributed by atoms with Gasteiger partial charge in [-0.2, -0.15) is 9.40 Å². The van der Waals surface area contributed by atoms with E-state index in [2.05, 4.69) is 10.4 Å². The van der Waals surface area contributed by atoms with Crippen LogP contribution < -0.4 is 10.1 Å². The zero-order valence-corrected chi connectivity index (χ0v) is 20.5. The molecular formula is C24H29FN4O4S. The number of amides is 1. The molecule has 0 fully saturated rings. The van der Waals surface area contributed by atoms with Gasteiger partial charge in [0.1, 0.15) is 16.5 Å². The molecule has 0 spiro atoms. The van der Waals surface area contributed by atoms with Gasteiger partial charge >= 0.3 is 0 Å². The van der Waals surface area contributed by atoms with Crippen molar-refractivity contribution in [3.05, 3.63) is 65.7 Å². The molecular weight excluding hydrogens is 459 g/mol. The van der Waals surface area contributed by atoms with Crippen molar-refractivity contribution in [1.82, 2.24) is 14.1 Å². The van der Waals surface area contributed by atoms with Crippen LogP contribution >= 0.6 is 0 Å². The van der Waals surface area contributed by atoms with Crippen LogP contribution in [0.5, 0.6) is 5.75 Å². The summed E-state index contributed by atoms with van der Waals surface area (Å²) in [6.45, 7) is 8.10. The third-order valence-corrected chi connectivity index (χ3v) is 7.42. The molecule has 1 aromatic heterocycles. The first-order valence-electron chi connectivity index (χ1n) is 11.2. The molecule has 1 heterocycles. The van der Waals surface area contributed by atoms with Crippen molar-refractivity contribution in [2.75, 3.05) is 25.0 Å². The van der Waals surface area contributed by atoms with Gasteiger partial charge in [0.2, 0.25) is 10.0 Å². The predicted molar refractivity (Wildman–Crippen MR) is 129 cm³/mol. The maximum absolute atomic E-state index is 13.3. The second kappa shape index (κ2) is 10.8. The number of nitrogens with one attached hydrogen (secondary N) is 1. The Kier molecular flexibility index (Phi) is 8.06. The molecule has 3 rings (SSSR count). The number of nitrogens with zero attached hydrogens (tertiary/aromatic N) is 3. The van der Waals surface area contributed by atoms with Gasteiger partial charge < -0.3 is 10.1 Å². The molecule has 3 aromatic rings. The van der Waals surface area contributed by atoms with Gasteiger partial charge in [-0.1, -0.05) is 20.8 Å². The summed E-state index contributed by atoms with van der Waals surface area (Å²) < 4.78 is 48.1. The lowest BCUT2D eigenvalue weighted by molar-refractivity contribution is 0.102. The molecule has 0 unspecified atom stereocenters. The van der Waals surface area contributed by atoms with E-state index in [0.29, 0.717) is 48.7 Å². The third kappa shape index (κ3) is 5.13. The fourth-order valence-corrected chi connectivity index (χ4v) is 5.29. The summed E-state index contributed by atoms with van der Waals surface area (Å²) in [4.78, 5) is 13.1. The van der Waals surface area contributed by atoms with Gasteiger partial charge in [0.05, 0.1) is 29.7 Å². The minimum Gasteiger partial charge on any atom is -0.492 e. The summed E-state index contributed by atoms with van der Waals surface area (Å²) in [5, 5.41) is 7.07. The Balaban J connectivity index is 1.96. The number of anilines is 1. The highest BCUT2D eigenvalue weighted by Gasteiger charge is 2.27. The summed E-state index contributed by atoms with van der Waals surface area (Å²) >= 11 is 0. The van der Waals surface area contributed by atoms with Crippen LogP contribution in [0.2, 0.25) is 0 Å². The molecule has 182 valence electrons. The molecule has 0 saturated heterocycles. The van der Waals surface area contributed by atoms with Crippen LogP contribution in [0.3, 0.4) is 0 Å². The second-order valence-electron chi connectivity index (χ2n) is 7.38. The van der Waals surface area contributed by atoms with E-state index in [1.807, 2.05) is 6.92 Å². The van der Waals surface area contributed by atoms with E-state index >= 15 is 0 Å². The van der Waals surface area contributed by atoms with Crippen molar-refractivity contribution < 1.29 is 22.3 Å². The standard InChI is InChI=1S/C24H29FN4O4S/c1-5-21-20(16-26-29(21)19-12-9-17(25)10-13-19)24(30)27-18-11-14-22(33-8-4)23(15-18)34(31,32)28(6-2)7-3/h9-16H,5-8H2,1-4H3,(H,27,30). The maximum atomic E-state index is 13.3. The first-order chi connectivity index (χ1) is 16.3.